The van der Waals surface area contributed by atoms with Crippen molar-refractivity contribution in [2.24, 2.45) is 0 Å². The molecule has 3 aromatic rings. The maximum absolute atomic E-state index is 12.7. The van der Waals surface area contributed by atoms with E-state index in [0.717, 1.165) is 5.56 Å². The number of carbonyl (C=O) groups is 1. The number of rotatable bonds is 7. The average Bonchev–Trinajstić information content (AvgIpc) is 2.73. The summed E-state index contributed by atoms with van der Waals surface area (Å²) in [7, 11) is 3.10. The highest BCUT2D eigenvalue weighted by atomic mass is 79.9. The van der Waals surface area contributed by atoms with Crippen molar-refractivity contribution in [2.75, 3.05) is 19.5 Å². The number of para-hydroxylation sites is 2. The first-order valence-electron chi connectivity index (χ1n) is 9.02. The lowest BCUT2D eigenvalue weighted by molar-refractivity contribution is 0.102. The molecule has 0 saturated heterocycles. The van der Waals surface area contributed by atoms with Gasteiger partial charge in [-0.2, -0.15) is 0 Å². The van der Waals surface area contributed by atoms with Crippen molar-refractivity contribution >= 4 is 27.5 Å². The van der Waals surface area contributed by atoms with Gasteiger partial charge in [0.05, 0.1) is 24.4 Å². The standard InChI is InChI=1S/C23H22BrNO4/c1-15-8-10-16(11-9-15)14-29-22-18(24)12-17(13-21(22)28-3)23(26)25-19-6-4-5-7-20(19)27-2/h4-13H,14H2,1-3H3,(H,25,26). The number of aryl methyl sites for hydroxylation is 1. The number of hydrogen-bond acceptors (Lipinski definition) is 4. The summed E-state index contributed by atoms with van der Waals surface area (Å²) in [5, 5.41) is 2.86. The monoisotopic (exact) mass is 455 g/mol. The van der Waals surface area contributed by atoms with Crippen LogP contribution in [0.4, 0.5) is 5.69 Å². The molecule has 0 aliphatic carbocycles. The highest BCUT2D eigenvalue weighted by molar-refractivity contribution is 9.10. The second-order valence-corrected chi connectivity index (χ2v) is 7.27. The molecule has 0 spiro atoms. The fraction of sp³-hybridized carbons (Fsp3) is 0.174. The molecule has 0 fully saturated rings. The Bertz CT molecular complexity index is 1000. The van der Waals surface area contributed by atoms with Crippen LogP contribution in [0.3, 0.4) is 0 Å². The van der Waals surface area contributed by atoms with E-state index in [2.05, 4.69) is 21.2 Å². The van der Waals surface area contributed by atoms with Crippen LogP contribution in [-0.2, 0) is 6.61 Å². The zero-order valence-electron chi connectivity index (χ0n) is 16.5. The van der Waals surface area contributed by atoms with E-state index in [1.165, 1.54) is 5.56 Å². The third kappa shape index (κ3) is 5.09. The van der Waals surface area contributed by atoms with Gasteiger partial charge in [-0.1, -0.05) is 42.0 Å². The molecule has 0 saturated carbocycles. The van der Waals surface area contributed by atoms with E-state index in [-0.39, 0.29) is 5.91 Å². The molecule has 0 radical (unpaired) electrons. The van der Waals surface area contributed by atoms with Crippen molar-refractivity contribution in [3.8, 4) is 17.2 Å². The van der Waals surface area contributed by atoms with E-state index in [1.807, 2.05) is 43.3 Å². The van der Waals surface area contributed by atoms with Crippen molar-refractivity contribution in [3.63, 3.8) is 0 Å². The minimum absolute atomic E-state index is 0.279. The largest absolute Gasteiger partial charge is 0.495 e. The normalized spacial score (nSPS) is 10.3. The zero-order valence-corrected chi connectivity index (χ0v) is 18.1. The number of nitrogens with one attached hydrogen (secondary N) is 1. The number of carbonyl (C=O) groups excluding carboxylic acids is 1. The highest BCUT2D eigenvalue weighted by Gasteiger charge is 2.17. The van der Waals surface area contributed by atoms with E-state index in [1.54, 1.807) is 38.5 Å². The summed E-state index contributed by atoms with van der Waals surface area (Å²) < 4.78 is 17.3. The average molecular weight is 456 g/mol. The molecule has 150 valence electrons. The molecular formula is C23H22BrNO4. The Balaban J connectivity index is 1.80. The van der Waals surface area contributed by atoms with E-state index in [4.69, 9.17) is 14.2 Å². The fourth-order valence-electron chi connectivity index (χ4n) is 2.77. The lowest BCUT2D eigenvalue weighted by atomic mass is 10.1. The van der Waals surface area contributed by atoms with Gasteiger partial charge >= 0.3 is 0 Å². The van der Waals surface area contributed by atoms with Crippen molar-refractivity contribution < 1.29 is 19.0 Å². The van der Waals surface area contributed by atoms with E-state index in [9.17, 15) is 4.79 Å². The predicted molar refractivity (Wildman–Crippen MR) is 117 cm³/mol. The van der Waals surface area contributed by atoms with Gasteiger partial charge in [0.25, 0.3) is 5.91 Å². The van der Waals surface area contributed by atoms with Crippen LogP contribution in [0.25, 0.3) is 0 Å². The Hall–Kier alpha value is -2.99. The zero-order chi connectivity index (χ0) is 20.8. The summed E-state index contributed by atoms with van der Waals surface area (Å²) in [4.78, 5) is 12.7. The quantitative estimate of drug-likeness (QED) is 0.503. The molecule has 0 atom stereocenters. The van der Waals surface area contributed by atoms with Gasteiger partial charge in [0.1, 0.15) is 12.4 Å². The molecule has 0 unspecified atom stereocenters. The molecule has 29 heavy (non-hydrogen) atoms. The van der Waals surface area contributed by atoms with Gasteiger partial charge in [-0.3, -0.25) is 4.79 Å². The van der Waals surface area contributed by atoms with Crippen LogP contribution in [0, 0.1) is 6.92 Å². The molecule has 3 rings (SSSR count). The summed E-state index contributed by atoms with van der Waals surface area (Å²) in [6.45, 7) is 2.43. The van der Waals surface area contributed by atoms with Gasteiger partial charge in [-0.15, -0.1) is 0 Å². The summed E-state index contributed by atoms with van der Waals surface area (Å²) in [5.74, 6) is 1.32. The summed E-state index contributed by atoms with van der Waals surface area (Å²) in [5.41, 5.74) is 3.26. The molecule has 1 amide bonds. The molecule has 0 bridgehead atoms. The number of amides is 1. The maximum atomic E-state index is 12.7. The Kier molecular flexibility index (Phi) is 6.77. The first-order valence-corrected chi connectivity index (χ1v) is 9.81. The van der Waals surface area contributed by atoms with Crippen LogP contribution in [-0.4, -0.2) is 20.1 Å². The van der Waals surface area contributed by atoms with Crippen LogP contribution < -0.4 is 19.5 Å². The summed E-state index contributed by atoms with van der Waals surface area (Å²) in [6.07, 6.45) is 0. The maximum Gasteiger partial charge on any atom is 0.255 e. The van der Waals surface area contributed by atoms with Gasteiger partial charge in [-0.05, 0) is 52.7 Å². The highest BCUT2D eigenvalue weighted by Crippen LogP contribution is 2.37. The third-order valence-corrected chi connectivity index (χ3v) is 4.94. The molecule has 0 aliphatic heterocycles. The molecule has 0 heterocycles. The second kappa shape index (κ2) is 9.47. The van der Waals surface area contributed by atoms with Crippen molar-refractivity contribution in [2.45, 2.75) is 13.5 Å². The third-order valence-electron chi connectivity index (χ3n) is 4.35. The van der Waals surface area contributed by atoms with Gasteiger partial charge in [0.2, 0.25) is 0 Å². The van der Waals surface area contributed by atoms with Gasteiger partial charge < -0.3 is 19.5 Å². The van der Waals surface area contributed by atoms with Crippen LogP contribution in [0.1, 0.15) is 21.5 Å². The SMILES string of the molecule is COc1ccccc1NC(=O)c1cc(Br)c(OCc2ccc(C)cc2)c(OC)c1. The number of methoxy groups -OCH3 is 2. The molecule has 0 aliphatic rings. The first kappa shape index (κ1) is 20.7. The Morgan fingerprint density at radius 1 is 0.966 bits per heavy atom. The minimum Gasteiger partial charge on any atom is -0.495 e. The van der Waals surface area contributed by atoms with E-state index < -0.39 is 0 Å². The molecular weight excluding hydrogens is 434 g/mol. The van der Waals surface area contributed by atoms with E-state index >= 15 is 0 Å². The first-order chi connectivity index (χ1) is 14.0. The lowest BCUT2D eigenvalue weighted by Gasteiger charge is -2.15. The Morgan fingerprint density at radius 2 is 1.66 bits per heavy atom. The Labute approximate surface area is 178 Å². The van der Waals surface area contributed by atoms with Crippen LogP contribution in [0.15, 0.2) is 65.1 Å². The number of ether oxygens (including phenoxy) is 3. The molecule has 5 nitrogen and oxygen atoms in total. The predicted octanol–water partition coefficient (Wildman–Crippen LogP) is 5.61. The number of hydrogen-bond donors (Lipinski definition) is 1. The number of anilines is 1. The van der Waals surface area contributed by atoms with Crippen LogP contribution in [0.2, 0.25) is 0 Å². The lowest BCUT2D eigenvalue weighted by Crippen LogP contribution is -2.13. The molecule has 6 heteroatoms. The molecule has 3 aromatic carbocycles. The second-order valence-electron chi connectivity index (χ2n) is 6.42. The molecule has 1 N–H and O–H groups in total. The molecule has 0 aromatic heterocycles. The van der Waals surface area contributed by atoms with Crippen LogP contribution >= 0.6 is 15.9 Å². The van der Waals surface area contributed by atoms with Gasteiger partial charge in [-0.25, -0.2) is 0 Å². The number of halogens is 1. The summed E-state index contributed by atoms with van der Waals surface area (Å²) in [6, 6.07) is 18.7. The van der Waals surface area contributed by atoms with Crippen LogP contribution in [0.5, 0.6) is 17.2 Å². The van der Waals surface area contributed by atoms with Crippen molar-refractivity contribution in [3.05, 3.63) is 81.8 Å². The topological polar surface area (TPSA) is 56.8 Å². The smallest absolute Gasteiger partial charge is 0.255 e. The summed E-state index contributed by atoms with van der Waals surface area (Å²) >= 11 is 3.50. The van der Waals surface area contributed by atoms with E-state index in [0.29, 0.717) is 39.6 Å². The van der Waals surface area contributed by atoms with Gasteiger partial charge in [0.15, 0.2) is 11.5 Å². The Morgan fingerprint density at radius 3 is 2.34 bits per heavy atom. The van der Waals surface area contributed by atoms with Gasteiger partial charge in [0, 0.05) is 5.56 Å². The van der Waals surface area contributed by atoms with Crippen molar-refractivity contribution in [1.82, 2.24) is 0 Å². The number of benzene rings is 3. The fourth-order valence-corrected chi connectivity index (χ4v) is 3.33. The van der Waals surface area contributed by atoms with Crippen molar-refractivity contribution in [1.29, 1.82) is 0 Å². The minimum atomic E-state index is -0.279.